The van der Waals surface area contributed by atoms with Gasteiger partial charge in [0.25, 0.3) is 0 Å². The predicted molar refractivity (Wildman–Crippen MR) is 97.6 cm³/mol. The molecule has 0 saturated heterocycles. The summed E-state index contributed by atoms with van der Waals surface area (Å²) in [6.45, 7) is 6.06. The summed E-state index contributed by atoms with van der Waals surface area (Å²) < 4.78 is 38.3. The first-order valence-electron chi connectivity index (χ1n) is 8.99. The van der Waals surface area contributed by atoms with Gasteiger partial charge >= 0.3 is 6.18 Å². The number of carbonyl (C=O) groups excluding carboxylic acids is 1. The number of halogens is 3. The minimum absolute atomic E-state index is 0.121. The fraction of sp³-hybridized carbons (Fsp3) is 0.476. The van der Waals surface area contributed by atoms with Crippen LogP contribution in [0.5, 0.6) is 0 Å². The molecule has 1 aromatic rings. The van der Waals surface area contributed by atoms with Crippen LogP contribution in [-0.2, 0) is 11.0 Å². The smallest absolute Gasteiger partial charge is 0.350 e. The van der Waals surface area contributed by atoms with Crippen molar-refractivity contribution in [2.45, 2.75) is 51.7 Å². The van der Waals surface area contributed by atoms with Gasteiger partial charge in [-0.15, -0.1) is 0 Å². The molecule has 142 valence electrons. The van der Waals surface area contributed by atoms with Gasteiger partial charge in [-0.1, -0.05) is 50.3 Å². The number of carbonyl (C=O) groups is 1. The highest BCUT2D eigenvalue weighted by atomic mass is 19.4. The first-order chi connectivity index (χ1) is 12.2. The van der Waals surface area contributed by atoms with E-state index in [1.807, 2.05) is 32.9 Å². The Morgan fingerprint density at radius 3 is 2.65 bits per heavy atom. The van der Waals surface area contributed by atoms with Crippen LogP contribution < -0.4 is 5.32 Å². The maximum Gasteiger partial charge on any atom is 0.416 e. The largest absolute Gasteiger partial charge is 0.416 e. The number of hydrogen-bond acceptors (Lipinski definition) is 1. The fourth-order valence-electron chi connectivity index (χ4n) is 2.78. The summed E-state index contributed by atoms with van der Waals surface area (Å²) in [5.74, 6) is 0.827. The molecular formula is C21H26F3NO. The predicted octanol–water partition coefficient (Wildman–Crippen LogP) is 5.47. The highest BCUT2D eigenvalue weighted by Crippen LogP contribution is 2.50. The fourth-order valence-corrected chi connectivity index (χ4v) is 2.78. The molecule has 0 aromatic heterocycles. The SMILES string of the molecule is CC(C)C(C)NC(=O)/C=C/C=CC[C@@H]1C[C@@H]1c1cccc(C(F)(F)F)c1. The second kappa shape index (κ2) is 8.56. The lowest BCUT2D eigenvalue weighted by molar-refractivity contribution is -0.137. The maximum atomic E-state index is 12.8. The van der Waals surface area contributed by atoms with Gasteiger partial charge in [-0.05, 0) is 49.1 Å². The highest BCUT2D eigenvalue weighted by molar-refractivity contribution is 5.87. The second-order valence-electron chi connectivity index (χ2n) is 7.29. The van der Waals surface area contributed by atoms with Gasteiger partial charge < -0.3 is 5.32 Å². The molecule has 0 radical (unpaired) electrons. The summed E-state index contributed by atoms with van der Waals surface area (Å²) in [5, 5.41) is 2.89. The third-order valence-electron chi connectivity index (χ3n) is 4.87. The van der Waals surface area contributed by atoms with Crippen LogP contribution in [0.3, 0.4) is 0 Å². The van der Waals surface area contributed by atoms with Crippen LogP contribution in [0.15, 0.2) is 48.6 Å². The molecule has 0 spiro atoms. The van der Waals surface area contributed by atoms with E-state index in [0.717, 1.165) is 24.5 Å². The summed E-state index contributed by atoms with van der Waals surface area (Å²) >= 11 is 0. The Balaban J connectivity index is 1.78. The molecule has 1 N–H and O–H groups in total. The van der Waals surface area contributed by atoms with E-state index in [0.29, 0.717) is 11.8 Å². The van der Waals surface area contributed by atoms with E-state index in [2.05, 4.69) is 5.32 Å². The van der Waals surface area contributed by atoms with Gasteiger partial charge in [-0.2, -0.15) is 13.2 Å². The molecule has 1 fully saturated rings. The highest BCUT2D eigenvalue weighted by Gasteiger charge is 2.38. The molecule has 1 aromatic carbocycles. The third kappa shape index (κ3) is 6.04. The minimum Gasteiger partial charge on any atom is -0.350 e. The molecule has 1 aliphatic carbocycles. The first kappa shape index (κ1) is 20.3. The number of nitrogens with one attached hydrogen (secondary N) is 1. The van der Waals surface area contributed by atoms with Gasteiger partial charge in [0.05, 0.1) is 5.56 Å². The van der Waals surface area contributed by atoms with Gasteiger partial charge in [-0.3, -0.25) is 4.79 Å². The van der Waals surface area contributed by atoms with E-state index in [9.17, 15) is 18.0 Å². The van der Waals surface area contributed by atoms with E-state index < -0.39 is 11.7 Å². The van der Waals surface area contributed by atoms with Crippen LogP contribution in [0.2, 0.25) is 0 Å². The second-order valence-corrected chi connectivity index (χ2v) is 7.29. The van der Waals surface area contributed by atoms with Crippen LogP contribution in [0.4, 0.5) is 13.2 Å². The molecule has 0 aliphatic heterocycles. The summed E-state index contributed by atoms with van der Waals surface area (Å²) in [5.41, 5.74) is 0.177. The lowest BCUT2D eigenvalue weighted by Crippen LogP contribution is -2.34. The lowest BCUT2D eigenvalue weighted by Gasteiger charge is -2.15. The zero-order chi connectivity index (χ0) is 19.3. The number of hydrogen-bond donors (Lipinski definition) is 1. The van der Waals surface area contributed by atoms with E-state index in [4.69, 9.17) is 0 Å². The van der Waals surface area contributed by atoms with Crippen molar-refractivity contribution in [3.05, 3.63) is 59.7 Å². The molecule has 26 heavy (non-hydrogen) atoms. The number of rotatable bonds is 7. The molecule has 5 heteroatoms. The Hall–Kier alpha value is -2.04. The minimum atomic E-state index is -4.29. The quantitative estimate of drug-likeness (QED) is 0.504. The van der Waals surface area contributed by atoms with Crippen molar-refractivity contribution < 1.29 is 18.0 Å². The van der Waals surface area contributed by atoms with Gasteiger partial charge in [-0.25, -0.2) is 0 Å². The molecule has 1 amide bonds. The van der Waals surface area contributed by atoms with Crippen LogP contribution in [0.1, 0.15) is 50.7 Å². The van der Waals surface area contributed by atoms with E-state index in [1.165, 1.54) is 18.2 Å². The maximum absolute atomic E-state index is 12.8. The standard InChI is InChI=1S/C21H26F3NO/c1-14(2)15(3)25-20(26)11-6-4-5-8-17-13-19(17)16-9-7-10-18(12-16)21(22,23)24/h4-7,9-12,14-15,17,19H,8,13H2,1-3H3,(H,25,26)/b5-4?,11-6+/t15?,17-,19-/m1/s1. The molecule has 3 atom stereocenters. The van der Waals surface area contributed by atoms with Crippen molar-refractivity contribution in [1.82, 2.24) is 5.32 Å². The number of alkyl halides is 3. The first-order valence-corrected chi connectivity index (χ1v) is 8.99. The van der Waals surface area contributed by atoms with Crippen molar-refractivity contribution >= 4 is 5.91 Å². The van der Waals surface area contributed by atoms with Gasteiger partial charge in [0.2, 0.25) is 5.91 Å². The average Bonchev–Trinajstić information content (AvgIpc) is 3.33. The van der Waals surface area contributed by atoms with E-state index in [1.54, 1.807) is 12.1 Å². The average molecular weight is 365 g/mol. The van der Waals surface area contributed by atoms with Crippen LogP contribution >= 0.6 is 0 Å². The lowest BCUT2D eigenvalue weighted by atomic mass is 10.0. The molecular weight excluding hydrogens is 339 g/mol. The number of benzene rings is 1. The van der Waals surface area contributed by atoms with Crippen LogP contribution in [0, 0.1) is 11.8 Å². The van der Waals surface area contributed by atoms with Gasteiger partial charge in [0, 0.05) is 12.1 Å². The van der Waals surface area contributed by atoms with E-state index in [-0.39, 0.29) is 17.9 Å². The third-order valence-corrected chi connectivity index (χ3v) is 4.87. The van der Waals surface area contributed by atoms with Crippen molar-refractivity contribution in [3.8, 4) is 0 Å². The Morgan fingerprint density at radius 1 is 1.27 bits per heavy atom. The monoisotopic (exact) mass is 365 g/mol. The molecule has 0 heterocycles. The summed E-state index contributed by atoms with van der Waals surface area (Å²) in [7, 11) is 0. The van der Waals surface area contributed by atoms with Gasteiger partial charge in [0.15, 0.2) is 0 Å². The number of amides is 1. The molecule has 1 aliphatic rings. The van der Waals surface area contributed by atoms with Crippen molar-refractivity contribution in [1.29, 1.82) is 0 Å². The molecule has 0 bridgehead atoms. The Morgan fingerprint density at radius 2 is 2.00 bits per heavy atom. The number of allylic oxidation sites excluding steroid dienone is 3. The summed E-state index contributed by atoms with van der Waals surface area (Å²) in [6.07, 6.45) is 4.39. The summed E-state index contributed by atoms with van der Waals surface area (Å²) in [4.78, 5) is 11.7. The van der Waals surface area contributed by atoms with E-state index >= 15 is 0 Å². The molecule has 1 saturated carbocycles. The zero-order valence-electron chi connectivity index (χ0n) is 15.4. The molecule has 1 unspecified atom stereocenters. The Kier molecular flexibility index (Phi) is 6.68. The van der Waals surface area contributed by atoms with Crippen molar-refractivity contribution in [2.75, 3.05) is 0 Å². The zero-order valence-corrected chi connectivity index (χ0v) is 15.4. The van der Waals surface area contributed by atoms with Crippen LogP contribution in [-0.4, -0.2) is 11.9 Å². The van der Waals surface area contributed by atoms with Crippen molar-refractivity contribution in [2.24, 2.45) is 11.8 Å². The topological polar surface area (TPSA) is 29.1 Å². The molecule has 2 rings (SSSR count). The Labute approximate surface area is 153 Å². The molecule has 2 nitrogen and oxygen atoms in total. The van der Waals surface area contributed by atoms with Crippen LogP contribution in [0.25, 0.3) is 0 Å². The van der Waals surface area contributed by atoms with Gasteiger partial charge in [0.1, 0.15) is 0 Å². The van der Waals surface area contributed by atoms with Crippen molar-refractivity contribution in [3.63, 3.8) is 0 Å². The summed E-state index contributed by atoms with van der Waals surface area (Å²) in [6, 6.07) is 5.73. The Bertz CT molecular complexity index is 676. The normalized spacial score (nSPS) is 21.5.